The zero-order valence-electron chi connectivity index (χ0n) is 10.00. The van der Waals surface area contributed by atoms with Gasteiger partial charge in [0.25, 0.3) is 0 Å². The van der Waals surface area contributed by atoms with Crippen molar-refractivity contribution in [2.45, 2.75) is 6.92 Å². The average molecular weight is 246 g/mol. The fraction of sp³-hybridized carbons (Fsp3) is 0.0769. The number of nitrogens with two attached hydrogens (primary N) is 3. The molecule has 0 aliphatic rings. The molecule has 0 amide bonds. The molecule has 18 heavy (non-hydrogen) atoms. The van der Waals surface area contributed by atoms with E-state index in [2.05, 4.69) is 4.98 Å². The number of aromatic nitrogens is 1. The number of nitrogens with one attached hydrogen (secondary N) is 1. The van der Waals surface area contributed by atoms with Gasteiger partial charge < -0.3 is 22.2 Å². The molecule has 7 N–H and O–H groups in total. The van der Waals surface area contributed by atoms with Crippen LogP contribution in [0.15, 0.2) is 41.9 Å². The van der Waals surface area contributed by atoms with E-state index in [1.165, 1.54) is 6.08 Å². The standard InChI is InChI=1S/C13H15FN4/c1-7(6-10(15)16)12(17)9-3-2-8-4-5-18-13(8)11(9)14/h2-6,18H,15-17H2,1H3/b12-7-. The summed E-state index contributed by atoms with van der Waals surface area (Å²) in [5, 5.41) is 0.801. The second-order valence-electron chi connectivity index (χ2n) is 4.11. The Morgan fingerprint density at radius 2 is 1.94 bits per heavy atom. The molecular weight excluding hydrogens is 231 g/mol. The van der Waals surface area contributed by atoms with E-state index >= 15 is 0 Å². The highest BCUT2D eigenvalue weighted by atomic mass is 19.1. The van der Waals surface area contributed by atoms with E-state index in [0.717, 1.165) is 5.39 Å². The summed E-state index contributed by atoms with van der Waals surface area (Å²) < 4.78 is 14.2. The highest BCUT2D eigenvalue weighted by Crippen LogP contribution is 2.24. The van der Waals surface area contributed by atoms with Gasteiger partial charge in [0, 0.05) is 22.8 Å². The van der Waals surface area contributed by atoms with Crippen molar-refractivity contribution in [3.63, 3.8) is 0 Å². The van der Waals surface area contributed by atoms with Gasteiger partial charge in [-0.15, -0.1) is 0 Å². The first kappa shape index (κ1) is 12.0. The maximum atomic E-state index is 14.2. The Balaban J connectivity index is 2.61. The lowest BCUT2D eigenvalue weighted by Crippen LogP contribution is -2.09. The molecule has 0 aliphatic carbocycles. The molecular formula is C13H15FN4. The van der Waals surface area contributed by atoms with Gasteiger partial charge in [-0.05, 0) is 30.7 Å². The average Bonchev–Trinajstić information content (AvgIpc) is 2.76. The third kappa shape index (κ3) is 2.02. The lowest BCUT2D eigenvalue weighted by molar-refractivity contribution is 0.633. The number of benzene rings is 1. The van der Waals surface area contributed by atoms with E-state index in [1.807, 2.05) is 0 Å². The number of hydrogen-bond donors (Lipinski definition) is 4. The third-order valence-electron chi connectivity index (χ3n) is 2.76. The van der Waals surface area contributed by atoms with Crippen LogP contribution in [0.5, 0.6) is 0 Å². The molecule has 1 heterocycles. The molecule has 0 radical (unpaired) electrons. The molecule has 94 valence electrons. The zero-order valence-corrected chi connectivity index (χ0v) is 10.00. The monoisotopic (exact) mass is 246 g/mol. The fourth-order valence-electron chi connectivity index (χ4n) is 1.84. The van der Waals surface area contributed by atoms with Gasteiger partial charge in [-0.2, -0.15) is 0 Å². The van der Waals surface area contributed by atoms with Gasteiger partial charge in [-0.3, -0.25) is 0 Å². The van der Waals surface area contributed by atoms with Gasteiger partial charge in [-0.25, -0.2) is 4.39 Å². The Morgan fingerprint density at radius 3 is 2.61 bits per heavy atom. The van der Waals surface area contributed by atoms with Crippen LogP contribution in [0.1, 0.15) is 12.5 Å². The summed E-state index contributed by atoms with van der Waals surface area (Å²) in [6, 6.07) is 5.25. The predicted molar refractivity (Wildman–Crippen MR) is 71.5 cm³/mol. The van der Waals surface area contributed by atoms with Crippen molar-refractivity contribution in [2.24, 2.45) is 17.2 Å². The highest BCUT2D eigenvalue weighted by Gasteiger charge is 2.11. The fourth-order valence-corrected chi connectivity index (χ4v) is 1.84. The molecule has 0 fully saturated rings. The number of allylic oxidation sites excluding steroid dienone is 2. The maximum absolute atomic E-state index is 14.2. The summed E-state index contributed by atoms with van der Waals surface area (Å²) in [6.07, 6.45) is 3.19. The molecule has 0 unspecified atom stereocenters. The van der Waals surface area contributed by atoms with Crippen LogP contribution < -0.4 is 17.2 Å². The smallest absolute Gasteiger partial charge is 0.156 e. The van der Waals surface area contributed by atoms with Gasteiger partial charge in [0.1, 0.15) is 0 Å². The van der Waals surface area contributed by atoms with Crippen molar-refractivity contribution >= 4 is 16.6 Å². The molecule has 4 nitrogen and oxygen atoms in total. The molecule has 1 aromatic carbocycles. The van der Waals surface area contributed by atoms with E-state index < -0.39 is 0 Å². The predicted octanol–water partition coefficient (Wildman–Crippen LogP) is 1.76. The van der Waals surface area contributed by atoms with E-state index in [0.29, 0.717) is 22.4 Å². The van der Waals surface area contributed by atoms with Crippen molar-refractivity contribution in [1.82, 2.24) is 4.98 Å². The van der Waals surface area contributed by atoms with Crippen LogP contribution >= 0.6 is 0 Å². The van der Waals surface area contributed by atoms with Gasteiger partial charge in [0.15, 0.2) is 5.82 Å². The Labute approximate surface area is 104 Å². The lowest BCUT2D eigenvalue weighted by atomic mass is 10.1. The molecule has 0 aliphatic heterocycles. The largest absolute Gasteiger partial charge is 0.398 e. The van der Waals surface area contributed by atoms with E-state index in [-0.39, 0.29) is 11.6 Å². The van der Waals surface area contributed by atoms with Crippen molar-refractivity contribution in [2.75, 3.05) is 0 Å². The first-order valence-corrected chi connectivity index (χ1v) is 5.45. The Bertz CT molecular complexity index is 648. The molecule has 0 bridgehead atoms. The summed E-state index contributed by atoms with van der Waals surface area (Å²) in [6.45, 7) is 1.73. The SMILES string of the molecule is C/C(C=C(N)N)=C(/N)c1ccc2cc[nH]c2c1F. The molecule has 0 saturated heterocycles. The van der Waals surface area contributed by atoms with Crippen LogP contribution in [-0.4, -0.2) is 4.98 Å². The molecule has 2 rings (SSSR count). The van der Waals surface area contributed by atoms with Crippen LogP contribution in [0.4, 0.5) is 4.39 Å². The second-order valence-corrected chi connectivity index (χ2v) is 4.11. The number of hydrogen-bond acceptors (Lipinski definition) is 3. The Morgan fingerprint density at radius 1 is 1.22 bits per heavy atom. The Kier molecular flexibility index (Phi) is 2.97. The van der Waals surface area contributed by atoms with Gasteiger partial charge in [0.2, 0.25) is 0 Å². The minimum Gasteiger partial charge on any atom is -0.398 e. The van der Waals surface area contributed by atoms with Crippen molar-refractivity contribution < 1.29 is 4.39 Å². The quantitative estimate of drug-likeness (QED) is 0.608. The van der Waals surface area contributed by atoms with Crippen molar-refractivity contribution in [3.8, 4) is 0 Å². The number of aromatic amines is 1. The number of halogens is 1. The van der Waals surface area contributed by atoms with Crippen LogP contribution in [0, 0.1) is 5.82 Å². The number of rotatable bonds is 2. The van der Waals surface area contributed by atoms with Crippen molar-refractivity contribution in [3.05, 3.63) is 53.2 Å². The summed E-state index contributed by atoms with van der Waals surface area (Å²) in [5.74, 6) is -0.241. The van der Waals surface area contributed by atoms with Crippen LogP contribution in [0.3, 0.4) is 0 Å². The molecule has 0 atom stereocenters. The van der Waals surface area contributed by atoms with E-state index in [1.54, 1.807) is 31.3 Å². The third-order valence-corrected chi connectivity index (χ3v) is 2.76. The first-order valence-electron chi connectivity index (χ1n) is 5.45. The van der Waals surface area contributed by atoms with Crippen LogP contribution in [0.25, 0.3) is 16.6 Å². The van der Waals surface area contributed by atoms with Gasteiger partial charge in [0.05, 0.1) is 11.3 Å². The summed E-state index contributed by atoms with van der Waals surface area (Å²) in [5.41, 5.74) is 18.4. The summed E-state index contributed by atoms with van der Waals surface area (Å²) >= 11 is 0. The molecule has 0 saturated carbocycles. The molecule has 2 aromatic rings. The highest BCUT2D eigenvalue weighted by molar-refractivity contribution is 5.84. The number of fused-ring (bicyclic) bond motifs is 1. The van der Waals surface area contributed by atoms with Crippen LogP contribution in [-0.2, 0) is 0 Å². The minimum atomic E-state index is -0.377. The normalized spacial score (nSPS) is 12.3. The zero-order chi connectivity index (χ0) is 13.3. The molecule has 1 aromatic heterocycles. The van der Waals surface area contributed by atoms with Crippen molar-refractivity contribution in [1.29, 1.82) is 0 Å². The first-order chi connectivity index (χ1) is 8.50. The number of H-pyrrole nitrogens is 1. The summed E-state index contributed by atoms with van der Waals surface area (Å²) in [4.78, 5) is 2.84. The summed E-state index contributed by atoms with van der Waals surface area (Å²) in [7, 11) is 0. The Hall–Kier alpha value is -2.43. The van der Waals surface area contributed by atoms with Gasteiger partial charge in [-0.1, -0.05) is 6.07 Å². The van der Waals surface area contributed by atoms with Gasteiger partial charge >= 0.3 is 0 Å². The topological polar surface area (TPSA) is 93.8 Å². The minimum absolute atomic E-state index is 0.136. The van der Waals surface area contributed by atoms with E-state index in [4.69, 9.17) is 17.2 Å². The lowest BCUT2D eigenvalue weighted by Gasteiger charge is -2.07. The maximum Gasteiger partial charge on any atom is 0.156 e. The molecule has 0 spiro atoms. The van der Waals surface area contributed by atoms with E-state index in [9.17, 15) is 4.39 Å². The van der Waals surface area contributed by atoms with Crippen LogP contribution in [0.2, 0.25) is 0 Å². The molecule has 5 heteroatoms. The second kappa shape index (κ2) is 4.44.